The lowest BCUT2D eigenvalue weighted by molar-refractivity contribution is -0.393. The summed E-state index contributed by atoms with van der Waals surface area (Å²) in [5.41, 5.74) is 3.01. The summed E-state index contributed by atoms with van der Waals surface area (Å²) in [5.74, 6) is 0.522. The Morgan fingerprint density at radius 3 is 2.19 bits per heavy atom. The zero-order valence-corrected chi connectivity index (χ0v) is 16.3. The van der Waals surface area contributed by atoms with Crippen LogP contribution in [0.4, 0.5) is 22.7 Å². The maximum atomic E-state index is 11.2. The molecule has 0 unspecified atom stereocenters. The van der Waals surface area contributed by atoms with Gasteiger partial charge in [0.2, 0.25) is 0 Å². The second-order valence-electron chi connectivity index (χ2n) is 6.37. The van der Waals surface area contributed by atoms with Crippen LogP contribution in [0.5, 0.6) is 5.75 Å². The lowest BCUT2D eigenvalue weighted by Crippen LogP contribution is -1.99. The third-order valence-electron chi connectivity index (χ3n) is 4.20. The van der Waals surface area contributed by atoms with Crippen LogP contribution in [0.2, 0.25) is 0 Å². The highest BCUT2D eigenvalue weighted by molar-refractivity contribution is 5.81. The fraction of sp³-hybridized carbons (Fsp3) is 0.0500. The third kappa shape index (κ3) is 5.60. The number of nitrogens with zero attached hydrogens (tertiary/aromatic N) is 4. The maximum Gasteiger partial charge on any atom is 0.301 e. The molecule has 12 nitrogen and oxygen atoms in total. The predicted octanol–water partition coefficient (Wildman–Crippen LogP) is 4.44. The van der Waals surface area contributed by atoms with Crippen LogP contribution in [-0.2, 0) is 6.61 Å². The highest BCUT2D eigenvalue weighted by Crippen LogP contribution is 2.28. The summed E-state index contributed by atoms with van der Waals surface area (Å²) >= 11 is 0. The van der Waals surface area contributed by atoms with Gasteiger partial charge >= 0.3 is 5.69 Å². The number of benzene rings is 3. The summed E-state index contributed by atoms with van der Waals surface area (Å²) in [5, 5.41) is 36.6. The third-order valence-corrected chi connectivity index (χ3v) is 4.20. The van der Waals surface area contributed by atoms with E-state index < -0.39 is 26.1 Å². The van der Waals surface area contributed by atoms with Gasteiger partial charge < -0.3 is 4.74 Å². The predicted molar refractivity (Wildman–Crippen MR) is 115 cm³/mol. The summed E-state index contributed by atoms with van der Waals surface area (Å²) in [7, 11) is 0. The molecule has 32 heavy (non-hydrogen) atoms. The number of anilines is 1. The smallest absolute Gasteiger partial charge is 0.301 e. The van der Waals surface area contributed by atoms with E-state index in [1.807, 2.05) is 0 Å². The Morgan fingerprint density at radius 2 is 1.53 bits per heavy atom. The summed E-state index contributed by atoms with van der Waals surface area (Å²) in [6.45, 7) is 0.200. The molecule has 162 valence electrons. The molecule has 0 aliphatic carbocycles. The molecule has 0 atom stereocenters. The lowest BCUT2D eigenvalue weighted by Gasteiger charge is -2.07. The second-order valence-corrected chi connectivity index (χ2v) is 6.37. The number of nitrogens with one attached hydrogen (secondary N) is 1. The van der Waals surface area contributed by atoms with E-state index in [1.54, 1.807) is 36.4 Å². The Morgan fingerprint density at radius 1 is 0.844 bits per heavy atom. The van der Waals surface area contributed by atoms with Crippen molar-refractivity contribution >= 4 is 29.0 Å². The van der Waals surface area contributed by atoms with Gasteiger partial charge in [0, 0.05) is 18.2 Å². The molecule has 0 fully saturated rings. The topological polar surface area (TPSA) is 163 Å². The zero-order chi connectivity index (χ0) is 23.1. The Balaban J connectivity index is 1.65. The van der Waals surface area contributed by atoms with Crippen molar-refractivity contribution in [3.05, 3.63) is 108 Å². The molecule has 0 aromatic heterocycles. The van der Waals surface area contributed by atoms with Crippen molar-refractivity contribution in [1.82, 2.24) is 0 Å². The van der Waals surface area contributed by atoms with Crippen molar-refractivity contribution in [2.24, 2.45) is 5.10 Å². The van der Waals surface area contributed by atoms with Crippen LogP contribution in [0.25, 0.3) is 0 Å². The normalized spacial score (nSPS) is 10.6. The van der Waals surface area contributed by atoms with Gasteiger partial charge in [-0.3, -0.25) is 35.8 Å². The van der Waals surface area contributed by atoms with E-state index in [0.29, 0.717) is 11.3 Å². The van der Waals surface area contributed by atoms with E-state index in [4.69, 9.17) is 4.74 Å². The van der Waals surface area contributed by atoms with Gasteiger partial charge in [-0.1, -0.05) is 12.1 Å². The molecule has 0 heterocycles. The quantitative estimate of drug-likeness (QED) is 0.292. The number of hydrogen-bond acceptors (Lipinski definition) is 9. The molecule has 0 aliphatic heterocycles. The minimum absolute atomic E-state index is 0.00225. The number of nitro groups is 3. The molecule has 0 aliphatic rings. The van der Waals surface area contributed by atoms with Gasteiger partial charge in [-0.15, -0.1) is 0 Å². The number of hydrogen-bond donors (Lipinski definition) is 1. The maximum absolute atomic E-state index is 11.2. The Bertz CT molecular complexity index is 1200. The average Bonchev–Trinajstić information content (AvgIpc) is 2.78. The number of ether oxygens (including phenoxy) is 1. The first-order valence-corrected chi connectivity index (χ1v) is 9.01. The Hall–Kier alpha value is -4.87. The van der Waals surface area contributed by atoms with E-state index in [9.17, 15) is 30.3 Å². The van der Waals surface area contributed by atoms with Crippen molar-refractivity contribution in [1.29, 1.82) is 0 Å². The van der Waals surface area contributed by atoms with Crippen LogP contribution in [0.1, 0.15) is 11.1 Å². The monoisotopic (exact) mass is 437 g/mol. The molecular formula is C20H15N5O7. The van der Waals surface area contributed by atoms with Crippen LogP contribution in [-0.4, -0.2) is 21.0 Å². The zero-order valence-electron chi connectivity index (χ0n) is 16.3. The van der Waals surface area contributed by atoms with Crippen molar-refractivity contribution in [2.45, 2.75) is 6.61 Å². The van der Waals surface area contributed by atoms with Crippen LogP contribution >= 0.6 is 0 Å². The van der Waals surface area contributed by atoms with Crippen molar-refractivity contribution in [3.63, 3.8) is 0 Å². The standard InChI is InChI=1S/C20H15N5O7/c26-23(27)16-6-4-14(5-7-16)13-32-18-3-1-2-15(10-18)12-21-22-19-9-8-17(24(28)29)11-20(19)25(30)31/h1-12,22H,13H2/b21-12-. The minimum atomic E-state index is -0.739. The number of non-ortho nitro benzene ring substituents is 2. The molecule has 0 saturated heterocycles. The van der Waals surface area contributed by atoms with Gasteiger partial charge in [0.1, 0.15) is 18.0 Å². The summed E-state index contributed by atoms with van der Waals surface area (Å²) in [6.07, 6.45) is 1.41. The molecule has 0 spiro atoms. The van der Waals surface area contributed by atoms with Crippen molar-refractivity contribution in [2.75, 3.05) is 5.43 Å². The molecule has 12 heteroatoms. The molecule has 0 amide bonds. The fourth-order valence-electron chi connectivity index (χ4n) is 2.62. The van der Waals surface area contributed by atoms with E-state index in [-0.39, 0.29) is 18.0 Å². The van der Waals surface area contributed by atoms with Crippen LogP contribution in [0, 0.1) is 30.3 Å². The van der Waals surface area contributed by atoms with E-state index in [1.165, 1.54) is 24.4 Å². The van der Waals surface area contributed by atoms with Crippen LogP contribution in [0.15, 0.2) is 71.8 Å². The number of nitro benzene ring substituents is 3. The first-order valence-electron chi connectivity index (χ1n) is 9.01. The van der Waals surface area contributed by atoms with Gasteiger partial charge in [0.05, 0.1) is 27.1 Å². The van der Waals surface area contributed by atoms with Crippen LogP contribution < -0.4 is 10.2 Å². The average molecular weight is 437 g/mol. The minimum Gasteiger partial charge on any atom is -0.489 e. The lowest BCUT2D eigenvalue weighted by atomic mass is 10.2. The second kappa shape index (κ2) is 9.75. The van der Waals surface area contributed by atoms with E-state index in [2.05, 4.69) is 10.5 Å². The van der Waals surface area contributed by atoms with Crippen molar-refractivity contribution < 1.29 is 19.5 Å². The molecule has 3 rings (SSSR count). The molecule has 0 bridgehead atoms. The summed E-state index contributed by atoms with van der Waals surface area (Å²) in [6, 6.07) is 16.0. The van der Waals surface area contributed by atoms with Gasteiger partial charge in [-0.2, -0.15) is 5.10 Å². The molecule has 3 aromatic rings. The Kier molecular flexibility index (Phi) is 6.65. The largest absolute Gasteiger partial charge is 0.489 e. The summed E-state index contributed by atoms with van der Waals surface area (Å²) < 4.78 is 5.68. The molecular weight excluding hydrogens is 422 g/mol. The highest BCUT2D eigenvalue weighted by atomic mass is 16.6. The van der Waals surface area contributed by atoms with Gasteiger partial charge in [-0.05, 0) is 41.5 Å². The van der Waals surface area contributed by atoms with E-state index >= 15 is 0 Å². The SMILES string of the molecule is O=[N+]([O-])c1ccc(COc2cccc(/C=N\Nc3ccc([N+](=O)[O-])cc3[N+](=O)[O-])c2)cc1. The number of rotatable bonds is 9. The van der Waals surface area contributed by atoms with Crippen LogP contribution in [0.3, 0.4) is 0 Å². The first-order chi connectivity index (χ1) is 15.3. The van der Waals surface area contributed by atoms with Gasteiger partial charge in [0.15, 0.2) is 0 Å². The molecule has 0 saturated carbocycles. The van der Waals surface area contributed by atoms with E-state index in [0.717, 1.165) is 17.7 Å². The number of hydrazone groups is 1. The molecule has 1 N–H and O–H groups in total. The molecule has 3 aromatic carbocycles. The van der Waals surface area contributed by atoms with Gasteiger partial charge in [0.25, 0.3) is 11.4 Å². The Labute approximate surface area is 180 Å². The van der Waals surface area contributed by atoms with Gasteiger partial charge in [-0.25, -0.2) is 0 Å². The van der Waals surface area contributed by atoms with Crippen molar-refractivity contribution in [3.8, 4) is 5.75 Å². The summed E-state index contributed by atoms with van der Waals surface area (Å²) in [4.78, 5) is 30.7. The first kappa shape index (κ1) is 21.8. The molecule has 0 radical (unpaired) electrons. The fourth-order valence-corrected chi connectivity index (χ4v) is 2.62. The highest BCUT2D eigenvalue weighted by Gasteiger charge is 2.19.